The molecule has 4 heterocycles. The van der Waals surface area contributed by atoms with Gasteiger partial charge in [-0.2, -0.15) is 0 Å². The van der Waals surface area contributed by atoms with Crippen molar-refractivity contribution >= 4 is 23.4 Å². The number of urea groups is 1. The summed E-state index contributed by atoms with van der Waals surface area (Å²) in [4.78, 5) is 33.3. The highest BCUT2D eigenvalue weighted by Gasteiger charge is 2.45. The Hall–Kier alpha value is -2.22. The number of anilines is 2. The Morgan fingerprint density at radius 3 is 2.48 bits per heavy atom. The van der Waals surface area contributed by atoms with Crippen LogP contribution in [0.15, 0.2) is 12.3 Å². The van der Waals surface area contributed by atoms with Crippen LogP contribution < -0.4 is 15.1 Å². The van der Waals surface area contributed by atoms with Gasteiger partial charge in [0.1, 0.15) is 0 Å². The summed E-state index contributed by atoms with van der Waals surface area (Å²) < 4.78 is 14.7. The zero-order valence-electron chi connectivity index (χ0n) is 15.9. The van der Waals surface area contributed by atoms with Crippen molar-refractivity contribution in [3.63, 3.8) is 0 Å². The number of pyridine rings is 1. The van der Waals surface area contributed by atoms with Crippen LogP contribution in [0, 0.1) is 11.2 Å². The number of carbonyl (C=O) groups excluding carboxylic acids is 2. The minimum Gasteiger partial charge on any atom is -0.354 e. The fourth-order valence-electron chi connectivity index (χ4n) is 4.30. The van der Waals surface area contributed by atoms with E-state index < -0.39 is 11.8 Å². The van der Waals surface area contributed by atoms with Crippen LogP contribution in [-0.2, 0) is 4.79 Å². The Morgan fingerprint density at radius 2 is 1.89 bits per heavy atom. The van der Waals surface area contributed by atoms with E-state index in [1.807, 2.05) is 4.90 Å². The minimum absolute atomic E-state index is 0.205. The number of aromatic nitrogens is 1. The molecule has 3 saturated heterocycles. The smallest absolute Gasteiger partial charge is 0.328 e. The van der Waals surface area contributed by atoms with Crippen LogP contribution in [0.4, 0.5) is 20.7 Å². The van der Waals surface area contributed by atoms with Gasteiger partial charge in [0.15, 0.2) is 11.6 Å². The summed E-state index contributed by atoms with van der Waals surface area (Å²) in [5.41, 5.74) is 0.761. The maximum atomic E-state index is 14.7. The van der Waals surface area contributed by atoms with Crippen molar-refractivity contribution in [1.29, 1.82) is 0 Å². The number of amides is 3. The first-order chi connectivity index (χ1) is 12.9. The van der Waals surface area contributed by atoms with Crippen LogP contribution in [0.25, 0.3) is 0 Å². The molecule has 3 fully saturated rings. The summed E-state index contributed by atoms with van der Waals surface area (Å²) in [5.74, 6) is -0.386. The minimum atomic E-state index is -0.528. The van der Waals surface area contributed by atoms with E-state index in [9.17, 15) is 14.0 Å². The number of halogens is 1. The molecule has 7 nitrogen and oxygen atoms in total. The number of nitrogens with zero attached hydrogens (tertiary/aromatic N) is 4. The molecule has 1 N–H and O–H groups in total. The first-order valence-corrected chi connectivity index (χ1v) is 9.63. The second-order valence-corrected chi connectivity index (χ2v) is 8.24. The summed E-state index contributed by atoms with van der Waals surface area (Å²) in [7, 11) is 0. The molecule has 0 unspecified atom stereocenters. The number of imide groups is 1. The van der Waals surface area contributed by atoms with Crippen molar-refractivity contribution in [3.05, 3.63) is 18.1 Å². The molecule has 0 aliphatic carbocycles. The Labute approximate surface area is 158 Å². The number of rotatable bonds is 3. The average Bonchev–Trinajstić information content (AvgIpc) is 2.60. The fraction of sp³-hybridized carbons (Fsp3) is 0.632. The molecule has 3 amide bonds. The van der Waals surface area contributed by atoms with E-state index in [0.29, 0.717) is 23.0 Å². The van der Waals surface area contributed by atoms with Gasteiger partial charge in [0.2, 0.25) is 5.91 Å². The predicted molar refractivity (Wildman–Crippen MR) is 100 cm³/mol. The third-order valence-corrected chi connectivity index (χ3v) is 6.10. The molecule has 0 bridgehead atoms. The molecule has 27 heavy (non-hydrogen) atoms. The summed E-state index contributed by atoms with van der Waals surface area (Å²) in [6, 6.07) is 1.40. The highest BCUT2D eigenvalue weighted by atomic mass is 19.1. The van der Waals surface area contributed by atoms with Crippen molar-refractivity contribution in [3.8, 4) is 0 Å². The lowest BCUT2D eigenvalue weighted by molar-refractivity contribution is -0.120. The van der Waals surface area contributed by atoms with Crippen LogP contribution in [-0.4, -0.2) is 60.6 Å². The van der Waals surface area contributed by atoms with Gasteiger partial charge in [0.25, 0.3) is 0 Å². The SMILES string of the molecule is CC(C)N1CC2(CCN(c3ncc(N4CCC(=O)NC4=O)cc3F)CC2)C1. The number of piperidine rings is 1. The van der Waals surface area contributed by atoms with Gasteiger partial charge in [0.05, 0.1) is 11.9 Å². The van der Waals surface area contributed by atoms with Crippen molar-refractivity contribution in [2.24, 2.45) is 5.41 Å². The van der Waals surface area contributed by atoms with Gasteiger partial charge >= 0.3 is 6.03 Å². The lowest BCUT2D eigenvalue weighted by Gasteiger charge is -2.55. The molecule has 1 spiro atoms. The predicted octanol–water partition coefficient (Wildman–Crippen LogP) is 1.98. The molecule has 8 heteroatoms. The van der Waals surface area contributed by atoms with Crippen LogP contribution in [0.1, 0.15) is 33.1 Å². The highest BCUT2D eigenvalue weighted by molar-refractivity contribution is 6.05. The van der Waals surface area contributed by atoms with Gasteiger partial charge in [-0.3, -0.25) is 19.9 Å². The largest absolute Gasteiger partial charge is 0.354 e. The van der Waals surface area contributed by atoms with Gasteiger partial charge in [0, 0.05) is 51.3 Å². The number of nitrogens with one attached hydrogen (secondary N) is 1. The standard InChI is InChI=1S/C19H26FN5O2/c1-13(2)24-11-19(12-24)4-7-23(8-5-19)17-15(20)9-14(10-21-17)25-6-3-16(26)22-18(25)27/h9-10,13H,3-8,11-12H2,1-2H3,(H,22,26,27). The molecule has 0 radical (unpaired) electrons. The van der Waals surface area contributed by atoms with Crippen molar-refractivity contribution < 1.29 is 14.0 Å². The molecule has 0 saturated carbocycles. The number of carbonyl (C=O) groups is 2. The maximum Gasteiger partial charge on any atom is 0.328 e. The van der Waals surface area contributed by atoms with Crippen molar-refractivity contribution in [1.82, 2.24) is 15.2 Å². The van der Waals surface area contributed by atoms with E-state index in [1.54, 1.807) is 0 Å². The Balaban J connectivity index is 1.41. The third-order valence-electron chi connectivity index (χ3n) is 6.10. The molecule has 1 aromatic heterocycles. The summed E-state index contributed by atoms with van der Waals surface area (Å²) in [6.07, 6.45) is 3.82. The normalized spacial score (nSPS) is 23.0. The van der Waals surface area contributed by atoms with Gasteiger partial charge in [-0.15, -0.1) is 0 Å². The fourth-order valence-corrected chi connectivity index (χ4v) is 4.30. The first kappa shape index (κ1) is 18.2. The van der Waals surface area contributed by atoms with Crippen molar-refractivity contribution in [2.75, 3.05) is 42.5 Å². The molecule has 0 aromatic carbocycles. The topological polar surface area (TPSA) is 68.8 Å². The number of likely N-dealkylation sites (tertiary alicyclic amines) is 1. The van der Waals surface area contributed by atoms with E-state index in [0.717, 1.165) is 39.0 Å². The molecule has 1 aromatic rings. The van der Waals surface area contributed by atoms with Crippen LogP contribution in [0.5, 0.6) is 0 Å². The molecule has 146 valence electrons. The monoisotopic (exact) mass is 375 g/mol. The van der Waals surface area contributed by atoms with E-state index in [2.05, 4.69) is 29.0 Å². The van der Waals surface area contributed by atoms with Crippen LogP contribution in [0.2, 0.25) is 0 Å². The second kappa shape index (κ2) is 6.74. The van der Waals surface area contributed by atoms with Gasteiger partial charge < -0.3 is 4.90 Å². The Morgan fingerprint density at radius 1 is 1.19 bits per heavy atom. The van der Waals surface area contributed by atoms with Crippen molar-refractivity contribution in [2.45, 2.75) is 39.2 Å². The van der Waals surface area contributed by atoms with Gasteiger partial charge in [-0.1, -0.05) is 0 Å². The van der Waals surface area contributed by atoms with Crippen LogP contribution >= 0.6 is 0 Å². The Bertz CT molecular complexity index is 752. The molecule has 4 rings (SSSR count). The summed E-state index contributed by atoms with van der Waals surface area (Å²) in [5, 5.41) is 2.24. The van der Waals surface area contributed by atoms with E-state index in [4.69, 9.17) is 0 Å². The summed E-state index contributed by atoms with van der Waals surface area (Å²) >= 11 is 0. The second-order valence-electron chi connectivity index (χ2n) is 8.24. The van der Waals surface area contributed by atoms with Gasteiger partial charge in [-0.05, 0) is 32.1 Å². The molecule has 3 aliphatic heterocycles. The molecular weight excluding hydrogens is 349 g/mol. The molecule has 0 atom stereocenters. The quantitative estimate of drug-likeness (QED) is 0.875. The number of hydrogen-bond acceptors (Lipinski definition) is 5. The lowest BCUT2D eigenvalue weighted by atomic mass is 9.71. The van der Waals surface area contributed by atoms with E-state index in [1.165, 1.54) is 17.2 Å². The van der Waals surface area contributed by atoms with Gasteiger partial charge in [-0.25, -0.2) is 14.2 Å². The summed E-state index contributed by atoms with van der Waals surface area (Å²) in [6.45, 7) is 8.56. The highest BCUT2D eigenvalue weighted by Crippen LogP contribution is 2.42. The van der Waals surface area contributed by atoms with Crippen LogP contribution in [0.3, 0.4) is 0 Å². The van der Waals surface area contributed by atoms with E-state index >= 15 is 0 Å². The Kier molecular flexibility index (Phi) is 4.53. The van der Waals surface area contributed by atoms with E-state index in [-0.39, 0.29) is 18.9 Å². The maximum absolute atomic E-state index is 14.7. The lowest BCUT2D eigenvalue weighted by Crippen LogP contribution is -2.62. The first-order valence-electron chi connectivity index (χ1n) is 9.63. The molecule has 3 aliphatic rings. The zero-order chi connectivity index (χ0) is 19.2. The average molecular weight is 375 g/mol. The molecular formula is C19H26FN5O2. The number of hydrogen-bond donors (Lipinski definition) is 1. The zero-order valence-corrected chi connectivity index (χ0v) is 15.9. The third kappa shape index (κ3) is 3.38.